The lowest BCUT2D eigenvalue weighted by molar-refractivity contribution is 0.360. The van der Waals surface area contributed by atoms with Crippen LogP contribution in [0.2, 0.25) is 5.02 Å². The fraction of sp³-hybridized carbons (Fsp3) is 0.429. The van der Waals surface area contributed by atoms with Gasteiger partial charge in [-0.3, -0.25) is 0 Å². The zero-order chi connectivity index (χ0) is 13.9. The second-order valence-electron chi connectivity index (χ2n) is 5.06. The number of benzene rings is 1. The summed E-state index contributed by atoms with van der Waals surface area (Å²) in [5.74, 6) is 1.92. The van der Waals surface area contributed by atoms with E-state index in [0.717, 1.165) is 35.4 Å². The molecule has 1 N–H and O–H groups in total. The zero-order valence-corrected chi connectivity index (χ0v) is 13.2. The SMILES string of the molecule is Clc1ccc(-c2nc(CC3CCCNC3)no2)cc1Br. The molecular weight excluding hydrogens is 342 g/mol. The lowest BCUT2D eigenvalue weighted by atomic mass is 9.96. The minimum absolute atomic E-state index is 0.543. The van der Waals surface area contributed by atoms with Gasteiger partial charge in [-0.15, -0.1) is 0 Å². The Morgan fingerprint density at radius 1 is 1.45 bits per heavy atom. The lowest BCUT2D eigenvalue weighted by Crippen LogP contribution is -2.31. The van der Waals surface area contributed by atoms with Crippen molar-refractivity contribution in [3.8, 4) is 11.5 Å². The molecule has 1 aromatic carbocycles. The Morgan fingerprint density at radius 3 is 3.10 bits per heavy atom. The first kappa shape index (κ1) is 14.0. The molecule has 0 amide bonds. The second kappa shape index (κ2) is 6.24. The van der Waals surface area contributed by atoms with Crippen LogP contribution in [0.1, 0.15) is 18.7 Å². The van der Waals surface area contributed by atoms with Crippen LogP contribution in [0.3, 0.4) is 0 Å². The van der Waals surface area contributed by atoms with E-state index in [-0.39, 0.29) is 0 Å². The van der Waals surface area contributed by atoms with E-state index in [1.54, 1.807) is 0 Å². The van der Waals surface area contributed by atoms with Gasteiger partial charge in [0.1, 0.15) is 0 Å². The van der Waals surface area contributed by atoms with Crippen LogP contribution >= 0.6 is 27.5 Å². The van der Waals surface area contributed by atoms with E-state index in [0.29, 0.717) is 16.8 Å². The number of piperidine rings is 1. The highest BCUT2D eigenvalue weighted by Gasteiger charge is 2.17. The van der Waals surface area contributed by atoms with Crippen LogP contribution in [0.25, 0.3) is 11.5 Å². The smallest absolute Gasteiger partial charge is 0.257 e. The molecule has 106 valence electrons. The van der Waals surface area contributed by atoms with Crippen LogP contribution in [0, 0.1) is 5.92 Å². The van der Waals surface area contributed by atoms with Gasteiger partial charge in [-0.2, -0.15) is 4.98 Å². The maximum atomic E-state index is 5.98. The maximum absolute atomic E-state index is 5.98. The van der Waals surface area contributed by atoms with E-state index in [1.165, 1.54) is 12.8 Å². The van der Waals surface area contributed by atoms with Gasteiger partial charge in [0.15, 0.2) is 5.82 Å². The molecule has 3 rings (SSSR count). The standard InChI is InChI=1S/C14H15BrClN3O/c15-11-7-10(3-4-12(11)16)14-18-13(19-20-14)6-9-2-1-5-17-8-9/h3-4,7,9,17H,1-2,5-6,8H2. The molecule has 0 saturated carbocycles. The Morgan fingerprint density at radius 2 is 2.35 bits per heavy atom. The van der Waals surface area contributed by atoms with E-state index < -0.39 is 0 Å². The first-order chi connectivity index (χ1) is 9.72. The maximum Gasteiger partial charge on any atom is 0.257 e. The summed E-state index contributed by atoms with van der Waals surface area (Å²) in [4.78, 5) is 4.48. The van der Waals surface area contributed by atoms with E-state index >= 15 is 0 Å². The summed E-state index contributed by atoms with van der Waals surface area (Å²) in [7, 11) is 0. The lowest BCUT2D eigenvalue weighted by Gasteiger charge is -2.20. The van der Waals surface area contributed by atoms with Crippen molar-refractivity contribution in [3.63, 3.8) is 0 Å². The van der Waals surface area contributed by atoms with E-state index in [1.807, 2.05) is 18.2 Å². The Labute approximate surface area is 131 Å². The number of halogens is 2. The predicted molar refractivity (Wildman–Crippen MR) is 81.7 cm³/mol. The van der Waals surface area contributed by atoms with Gasteiger partial charge in [0.2, 0.25) is 0 Å². The molecule has 20 heavy (non-hydrogen) atoms. The molecule has 1 aliphatic heterocycles. The molecule has 4 nitrogen and oxygen atoms in total. The highest BCUT2D eigenvalue weighted by atomic mass is 79.9. The van der Waals surface area contributed by atoms with Gasteiger partial charge in [-0.1, -0.05) is 16.8 Å². The third-order valence-electron chi connectivity index (χ3n) is 3.50. The van der Waals surface area contributed by atoms with Crippen LogP contribution in [-0.2, 0) is 6.42 Å². The van der Waals surface area contributed by atoms with Gasteiger partial charge in [0.25, 0.3) is 5.89 Å². The van der Waals surface area contributed by atoms with Gasteiger partial charge >= 0.3 is 0 Å². The van der Waals surface area contributed by atoms with Crippen LogP contribution in [0.15, 0.2) is 27.2 Å². The average molecular weight is 357 g/mol. The summed E-state index contributed by atoms with van der Waals surface area (Å²) in [6.07, 6.45) is 3.31. The van der Waals surface area contributed by atoms with E-state index in [9.17, 15) is 0 Å². The molecule has 1 aliphatic rings. The van der Waals surface area contributed by atoms with Crippen molar-refractivity contribution < 1.29 is 4.52 Å². The summed E-state index contributed by atoms with van der Waals surface area (Å²) in [5.41, 5.74) is 0.877. The fourth-order valence-electron chi connectivity index (χ4n) is 2.44. The number of rotatable bonds is 3. The number of nitrogens with zero attached hydrogens (tertiary/aromatic N) is 2. The van der Waals surface area contributed by atoms with Crippen molar-refractivity contribution in [2.75, 3.05) is 13.1 Å². The quantitative estimate of drug-likeness (QED) is 0.911. The van der Waals surface area contributed by atoms with Gasteiger partial charge < -0.3 is 9.84 Å². The van der Waals surface area contributed by atoms with Crippen molar-refractivity contribution in [2.24, 2.45) is 5.92 Å². The van der Waals surface area contributed by atoms with Crippen molar-refractivity contribution in [1.29, 1.82) is 0 Å². The van der Waals surface area contributed by atoms with Crippen molar-refractivity contribution in [2.45, 2.75) is 19.3 Å². The van der Waals surface area contributed by atoms with Gasteiger partial charge in [0.05, 0.1) is 5.02 Å². The van der Waals surface area contributed by atoms with Crippen molar-refractivity contribution in [3.05, 3.63) is 33.5 Å². The second-order valence-corrected chi connectivity index (χ2v) is 6.32. The minimum atomic E-state index is 0.543. The molecule has 1 fully saturated rings. The first-order valence-corrected chi connectivity index (χ1v) is 7.88. The Bertz CT molecular complexity index is 596. The Kier molecular flexibility index (Phi) is 4.38. The van der Waals surface area contributed by atoms with Crippen LogP contribution < -0.4 is 5.32 Å². The number of hydrogen-bond acceptors (Lipinski definition) is 4. The summed E-state index contributed by atoms with van der Waals surface area (Å²) in [6.45, 7) is 2.16. The van der Waals surface area contributed by atoms with Crippen LogP contribution in [0.4, 0.5) is 0 Å². The van der Waals surface area contributed by atoms with Crippen molar-refractivity contribution in [1.82, 2.24) is 15.5 Å². The third-order valence-corrected chi connectivity index (χ3v) is 4.72. The summed E-state index contributed by atoms with van der Waals surface area (Å²) in [6, 6.07) is 5.59. The molecule has 2 aromatic rings. The molecule has 0 radical (unpaired) electrons. The Hall–Kier alpha value is -0.910. The first-order valence-electron chi connectivity index (χ1n) is 6.71. The molecular formula is C14H15BrClN3O. The molecule has 1 unspecified atom stereocenters. The Balaban J connectivity index is 1.73. The molecule has 1 atom stereocenters. The summed E-state index contributed by atoms with van der Waals surface area (Å²) >= 11 is 9.38. The number of nitrogens with one attached hydrogen (secondary N) is 1. The monoisotopic (exact) mass is 355 g/mol. The van der Waals surface area contributed by atoms with E-state index in [2.05, 4.69) is 31.4 Å². The molecule has 2 heterocycles. The number of aromatic nitrogens is 2. The van der Waals surface area contributed by atoms with Gasteiger partial charge in [-0.25, -0.2) is 0 Å². The van der Waals surface area contributed by atoms with Gasteiger partial charge in [0, 0.05) is 16.5 Å². The van der Waals surface area contributed by atoms with Crippen molar-refractivity contribution >= 4 is 27.5 Å². The highest BCUT2D eigenvalue weighted by molar-refractivity contribution is 9.10. The third kappa shape index (κ3) is 3.22. The highest BCUT2D eigenvalue weighted by Crippen LogP contribution is 2.28. The van der Waals surface area contributed by atoms with Gasteiger partial charge in [-0.05, 0) is 66.0 Å². The largest absolute Gasteiger partial charge is 0.334 e. The van der Waals surface area contributed by atoms with Crippen LogP contribution in [0.5, 0.6) is 0 Å². The zero-order valence-electron chi connectivity index (χ0n) is 10.9. The average Bonchev–Trinajstić information content (AvgIpc) is 2.91. The molecule has 6 heteroatoms. The summed E-state index contributed by atoms with van der Waals surface area (Å²) in [5, 5.41) is 8.15. The molecule has 0 aliphatic carbocycles. The minimum Gasteiger partial charge on any atom is -0.334 e. The topological polar surface area (TPSA) is 51.0 Å². The fourth-order valence-corrected chi connectivity index (χ4v) is 2.94. The molecule has 0 spiro atoms. The molecule has 0 bridgehead atoms. The predicted octanol–water partition coefficient (Wildman–Crippen LogP) is 3.69. The molecule has 1 saturated heterocycles. The molecule has 1 aromatic heterocycles. The van der Waals surface area contributed by atoms with Crippen LogP contribution in [-0.4, -0.2) is 23.2 Å². The summed E-state index contributed by atoms with van der Waals surface area (Å²) < 4.78 is 6.17. The normalized spacial score (nSPS) is 19.2. The number of hydrogen-bond donors (Lipinski definition) is 1. The van der Waals surface area contributed by atoms with E-state index in [4.69, 9.17) is 16.1 Å².